The van der Waals surface area contributed by atoms with E-state index in [1.807, 2.05) is 37.3 Å². The lowest BCUT2D eigenvalue weighted by molar-refractivity contribution is -0.149. The van der Waals surface area contributed by atoms with Crippen molar-refractivity contribution in [2.45, 2.75) is 26.2 Å². The number of esters is 1. The maximum atomic E-state index is 11.8. The number of carbonyl (C=O) groups is 2. The zero-order chi connectivity index (χ0) is 12.7. The van der Waals surface area contributed by atoms with Crippen LogP contribution in [0.25, 0.3) is 0 Å². The molecule has 17 heavy (non-hydrogen) atoms. The van der Waals surface area contributed by atoms with Gasteiger partial charge in [-0.25, -0.2) is 0 Å². The van der Waals surface area contributed by atoms with Crippen LogP contribution >= 0.6 is 0 Å². The van der Waals surface area contributed by atoms with Gasteiger partial charge >= 0.3 is 5.97 Å². The van der Waals surface area contributed by atoms with Gasteiger partial charge in [-0.05, 0) is 18.4 Å². The van der Waals surface area contributed by atoms with Crippen molar-refractivity contribution in [3.05, 3.63) is 35.9 Å². The number of carbonyl (C=O) groups excluding carboxylic acids is 2. The predicted molar refractivity (Wildman–Crippen MR) is 65.6 cm³/mol. The molecule has 0 aromatic heterocycles. The van der Waals surface area contributed by atoms with Crippen LogP contribution in [0, 0.1) is 5.92 Å². The van der Waals surface area contributed by atoms with Crippen LogP contribution in [0.15, 0.2) is 30.3 Å². The molecule has 0 saturated carbocycles. The number of benzene rings is 1. The molecule has 0 N–H and O–H groups in total. The van der Waals surface area contributed by atoms with Crippen molar-refractivity contribution in [2.24, 2.45) is 5.92 Å². The van der Waals surface area contributed by atoms with Gasteiger partial charge in [0.1, 0.15) is 11.7 Å². The minimum absolute atomic E-state index is 0.0387. The van der Waals surface area contributed by atoms with Crippen molar-refractivity contribution >= 4 is 11.8 Å². The quantitative estimate of drug-likeness (QED) is 0.560. The molecule has 0 aliphatic heterocycles. The molecule has 1 atom stereocenters. The first-order valence-corrected chi connectivity index (χ1v) is 5.83. The number of hydrogen-bond acceptors (Lipinski definition) is 3. The fourth-order valence-corrected chi connectivity index (χ4v) is 1.75. The molecule has 0 heterocycles. The highest BCUT2D eigenvalue weighted by Gasteiger charge is 2.24. The van der Waals surface area contributed by atoms with E-state index in [0.29, 0.717) is 19.3 Å². The Morgan fingerprint density at radius 3 is 2.41 bits per heavy atom. The van der Waals surface area contributed by atoms with Gasteiger partial charge in [0.25, 0.3) is 0 Å². The standard InChI is InChI=1S/C14H18O3/c1-3-12(14(16)17-2)13(15)10-9-11-7-5-4-6-8-11/h4-8,12H,3,9-10H2,1-2H3. The number of aryl methyl sites for hydroxylation is 1. The molecule has 0 aliphatic carbocycles. The van der Waals surface area contributed by atoms with E-state index in [-0.39, 0.29) is 5.78 Å². The van der Waals surface area contributed by atoms with Crippen molar-refractivity contribution in [3.8, 4) is 0 Å². The summed E-state index contributed by atoms with van der Waals surface area (Å²) in [5, 5.41) is 0. The monoisotopic (exact) mass is 234 g/mol. The second kappa shape index (κ2) is 6.84. The molecule has 0 aliphatic rings. The third-order valence-electron chi connectivity index (χ3n) is 2.79. The first-order valence-electron chi connectivity index (χ1n) is 5.83. The van der Waals surface area contributed by atoms with E-state index in [2.05, 4.69) is 4.74 Å². The molecule has 0 spiro atoms. The Kier molecular flexibility index (Phi) is 5.40. The smallest absolute Gasteiger partial charge is 0.316 e. The molecule has 0 bridgehead atoms. The van der Waals surface area contributed by atoms with Gasteiger partial charge in [0.2, 0.25) is 0 Å². The molecule has 3 heteroatoms. The fourth-order valence-electron chi connectivity index (χ4n) is 1.75. The number of hydrogen-bond donors (Lipinski definition) is 0. The lowest BCUT2D eigenvalue weighted by Gasteiger charge is -2.10. The first-order chi connectivity index (χ1) is 8.19. The number of methoxy groups -OCH3 is 1. The first kappa shape index (κ1) is 13.4. The maximum Gasteiger partial charge on any atom is 0.316 e. The fraction of sp³-hybridized carbons (Fsp3) is 0.429. The second-order valence-electron chi connectivity index (χ2n) is 3.94. The highest BCUT2D eigenvalue weighted by molar-refractivity contribution is 5.98. The SMILES string of the molecule is CCC(C(=O)CCc1ccccc1)C(=O)OC. The van der Waals surface area contributed by atoms with Crippen LogP contribution in [0.2, 0.25) is 0 Å². The second-order valence-corrected chi connectivity index (χ2v) is 3.94. The Balaban J connectivity index is 2.51. The van der Waals surface area contributed by atoms with Crippen LogP contribution in [0.5, 0.6) is 0 Å². The largest absolute Gasteiger partial charge is 0.468 e. The molecule has 3 nitrogen and oxygen atoms in total. The van der Waals surface area contributed by atoms with Crippen LogP contribution in [-0.2, 0) is 20.7 Å². The lowest BCUT2D eigenvalue weighted by atomic mass is 9.96. The third-order valence-corrected chi connectivity index (χ3v) is 2.79. The van der Waals surface area contributed by atoms with Crippen LogP contribution in [0.3, 0.4) is 0 Å². The van der Waals surface area contributed by atoms with Gasteiger partial charge in [-0.15, -0.1) is 0 Å². The summed E-state index contributed by atoms with van der Waals surface area (Å²) in [5.41, 5.74) is 1.11. The zero-order valence-corrected chi connectivity index (χ0v) is 10.3. The topological polar surface area (TPSA) is 43.4 Å². The van der Waals surface area contributed by atoms with Gasteiger partial charge in [0, 0.05) is 6.42 Å². The molecule has 0 radical (unpaired) electrons. The highest BCUT2D eigenvalue weighted by Crippen LogP contribution is 2.12. The summed E-state index contributed by atoms with van der Waals surface area (Å²) in [6, 6.07) is 9.78. The summed E-state index contributed by atoms with van der Waals surface area (Å²) in [6.45, 7) is 1.82. The molecular formula is C14H18O3. The van der Waals surface area contributed by atoms with Crippen molar-refractivity contribution in [3.63, 3.8) is 0 Å². The normalized spacial score (nSPS) is 11.9. The van der Waals surface area contributed by atoms with Crippen LogP contribution in [0.1, 0.15) is 25.3 Å². The minimum Gasteiger partial charge on any atom is -0.468 e. The highest BCUT2D eigenvalue weighted by atomic mass is 16.5. The average Bonchev–Trinajstić information content (AvgIpc) is 2.38. The van der Waals surface area contributed by atoms with Gasteiger partial charge in [-0.2, -0.15) is 0 Å². The van der Waals surface area contributed by atoms with Crippen molar-refractivity contribution in [2.75, 3.05) is 7.11 Å². The van der Waals surface area contributed by atoms with Crippen molar-refractivity contribution in [1.82, 2.24) is 0 Å². The summed E-state index contributed by atoms with van der Waals surface area (Å²) >= 11 is 0. The summed E-state index contributed by atoms with van der Waals surface area (Å²) in [7, 11) is 1.31. The summed E-state index contributed by atoms with van der Waals surface area (Å²) < 4.78 is 4.62. The Labute approximate surface area is 102 Å². The van der Waals surface area contributed by atoms with E-state index in [1.165, 1.54) is 7.11 Å². The Morgan fingerprint density at radius 1 is 1.24 bits per heavy atom. The van der Waals surface area contributed by atoms with E-state index in [0.717, 1.165) is 5.56 Å². The van der Waals surface area contributed by atoms with Crippen molar-refractivity contribution < 1.29 is 14.3 Å². The van der Waals surface area contributed by atoms with Gasteiger partial charge in [0.15, 0.2) is 0 Å². The molecule has 0 amide bonds. The molecule has 0 fully saturated rings. The van der Waals surface area contributed by atoms with Gasteiger partial charge in [0.05, 0.1) is 7.11 Å². The molecule has 1 aromatic carbocycles. The molecule has 1 unspecified atom stereocenters. The molecule has 1 aromatic rings. The van der Waals surface area contributed by atoms with Crippen molar-refractivity contribution in [1.29, 1.82) is 0 Å². The third kappa shape index (κ3) is 4.02. The number of ether oxygens (including phenoxy) is 1. The molecule has 1 rings (SSSR count). The Bertz CT molecular complexity index is 370. The molecule has 92 valence electrons. The van der Waals surface area contributed by atoms with Crippen LogP contribution in [-0.4, -0.2) is 18.9 Å². The van der Waals surface area contributed by atoms with E-state index >= 15 is 0 Å². The van der Waals surface area contributed by atoms with Gasteiger partial charge in [-0.1, -0.05) is 37.3 Å². The van der Waals surface area contributed by atoms with Gasteiger partial charge < -0.3 is 4.74 Å². The van der Waals surface area contributed by atoms with Crippen LogP contribution < -0.4 is 0 Å². The summed E-state index contributed by atoms with van der Waals surface area (Å²) in [6.07, 6.45) is 1.56. The number of rotatable bonds is 6. The maximum absolute atomic E-state index is 11.8. The van der Waals surface area contributed by atoms with E-state index < -0.39 is 11.9 Å². The predicted octanol–water partition coefficient (Wildman–Crippen LogP) is 2.39. The molecule has 0 saturated heterocycles. The molecular weight excluding hydrogens is 216 g/mol. The Hall–Kier alpha value is -1.64. The number of ketones is 1. The zero-order valence-electron chi connectivity index (χ0n) is 10.3. The lowest BCUT2D eigenvalue weighted by Crippen LogP contribution is -2.24. The van der Waals surface area contributed by atoms with Crippen LogP contribution in [0.4, 0.5) is 0 Å². The minimum atomic E-state index is -0.608. The summed E-state index contributed by atoms with van der Waals surface area (Å²) in [4.78, 5) is 23.2. The Morgan fingerprint density at radius 2 is 1.88 bits per heavy atom. The summed E-state index contributed by atoms with van der Waals surface area (Å²) in [5.74, 6) is -1.07. The van der Waals surface area contributed by atoms with E-state index in [1.54, 1.807) is 0 Å². The number of Topliss-reactive ketones (excluding diaryl/α,β-unsaturated/α-hetero) is 1. The van der Waals surface area contributed by atoms with E-state index in [4.69, 9.17) is 0 Å². The van der Waals surface area contributed by atoms with E-state index in [9.17, 15) is 9.59 Å². The van der Waals surface area contributed by atoms with Gasteiger partial charge in [-0.3, -0.25) is 9.59 Å². The average molecular weight is 234 g/mol.